The van der Waals surface area contributed by atoms with Gasteiger partial charge in [-0.2, -0.15) is 5.10 Å². The van der Waals surface area contributed by atoms with Gasteiger partial charge in [0.1, 0.15) is 17.2 Å². The molecule has 4 aromatic rings. The van der Waals surface area contributed by atoms with Gasteiger partial charge in [-0.15, -0.1) is 0 Å². The molecule has 0 bridgehead atoms. The maximum atomic E-state index is 13.6. The second-order valence-corrected chi connectivity index (χ2v) is 6.89. The van der Waals surface area contributed by atoms with Crippen LogP contribution in [0.2, 0.25) is 0 Å². The first-order chi connectivity index (χ1) is 15.0. The van der Waals surface area contributed by atoms with Gasteiger partial charge in [0.05, 0.1) is 11.9 Å². The van der Waals surface area contributed by atoms with Crippen LogP contribution in [0.1, 0.15) is 26.3 Å². The molecule has 0 aliphatic heterocycles. The average molecular weight is 414 g/mol. The number of nitrogens with one attached hydrogen (secondary N) is 2. The molecule has 6 nitrogen and oxygen atoms in total. The molecule has 31 heavy (non-hydrogen) atoms. The molecule has 1 aromatic heterocycles. The van der Waals surface area contributed by atoms with Crippen LogP contribution in [0.4, 0.5) is 15.9 Å². The van der Waals surface area contributed by atoms with Crippen LogP contribution in [-0.4, -0.2) is 21.6 Å². The van der Waals surface area contributed by atoms with Crippen molar-refractivity contribution in [1.29, 1.82) is 0 Å². The molecule has 0 radical (unpaired) electrons. The average Bonchev–Trinajstić information content (AvgIpc) is 3.19. The number of halogens is 1. The molecule has 0 aliphatic carbocycles. The fraction of sp³-hybridized carbons (Fsp3) is 0.0417. The zero-order valence-corrected chi connectivity index (χ0v) is 16.7. The number of carbonyl (C=O) groups is 2. The predicted octanol–water partition coefficient (Wildman–Crippen LogP) is 4.82. The van der Waals surface area contributed by atoms with Gasteiger partial charge < -0.3 is 10.6 Å². The van der Waals surface area contributed by atoms with E-state index in [1.54, 1.807) is 18.2 Å². The number of hydrogen-bond donors (Lipinski definition) is 2. The Hall–Kier alpha value is -4.26. The largest absolute Gasteiger partial charge is 0.322 e. The molecule has 154 valence electrons. The summed E-state index contributed by atoms with van der Waals surface area (Å²) in [5.74, 6) is -1.32. The smallest absolute Gasteiger partial charge is 0.261 e. The first-order valence-electron chi connectivity index (χ1n) is 9.60. The van der Waals surface area contributed by atoms with E-state index in [1.807, 2.05) is 43.3 Å². The third-order valence-corrected chi connectivity index (χ3v) is 4.73. The standard InChI is InChI=1S/C24H19FN4O2/c1-16-8-5-6-13-21(16)27-24(31)20-15-26-29(19-11-3-2-4-12-19)22(20)28-23(30)17-9-7-10-18(25)14-17/h2-15H,1H3,(H,27,31)(H,28,30). The highest BCUT2D eigenvalue weighted by Crippen LogP contribution is 2.23. The summed E-state index contributed by atoms with van der Waals surface area (Å²) in [4.78, 5) is 25.8. The fourth-order valence-electron chi connectivity index (χ4n) is 3.11. The van der Waals surface area contributed by atoms with E-state index in [0.29, 0.717) is 11.4 Å². The third-order valence-electron chi connectivity index (χ3n) is 4.73. The van der Waals surface area contributed by atoms with Crippen LogP contribution in [0.15, 0.2) is 85.1 Å². The second kappa shape index (κ2) is 8.62. The molecule has 0 aliphatic rings. The molecule has 1 heterocycles. The first-order valence-corrected chi connectivity index (χ1v) is 9.60. The number of rotatable bonds is 5. The van der Waals surface area contributed by atoms with E-state index in [4.69, 9.17) is 0 Å². The SMILES string of the molecule is Cc1ccccc1NC(=O)c1cnn(-c2ccccc2)c1NC(=O)c1cccc(F)c1. The molecule has 2 amide bonds. The van der Waals surface area contributed by atoms with Gasteiger partial charge in [0, 0.05) is 11.3 Å². The molecule has 3 aromatic carbocycles. The monoisotopic (exact) mass is 414 g/mol. The Morgan fingerprint density at radius 2 is 1.61 bits per heavy atom. The Kier molecular flexibility index (Phi) is 5.57. The van der Waals surface area contributed by atoms with Crippen molar-refractivity contribution in [2.45, 2.75) is 6.92 Å². The lowest BCUT2D eigenvalue weighted by molar-refractivity contribution is 0.102. The van der Waals surface area contributed by atoms with Crippen LogP contribution in [0.3, 0.4) is 0 Å². The number of nitrogens with zero attached hydrogens (tertiary/aromatic N) is 2. The number of anilines is 2. The van der Waals surface area contributed by atoms with Crippen molar-refractivity contribution >= 4 is 23.3 Å². The molecule has 0 saturated carbocycles. The molecule has 0 atom stereocenters. The molecule has 0 saturated heterocycles. The normalized spacial score (nSPS) is 10.5. The zero-order chi connectivity index (χ0) is 21.8. The Morgan fingerprint density at radius 3 is 2.35 bits per heavy atom. The van der Waals surface area contributed by atoms with Crippen LogP contribution < -0.4 is 10.6 Å². The molecular formula is C24H19FN4O2. The van der Waals surface area contributed by atoms with Gasteiger partial charge in [-0.1, -0.05) is 42.5 Å². The fourth-order valence-corrected chi connectivity index (χ4v) is 3.11. The van der Waals surface area contributed by atoms with Crippen molar-refractivity contribution < 1.29 is 14.0 Å². The molecule has 7 heteroatoms. The number of benzene rings is 3. The van der Waals surface area contributed by atoms with Gasteiger partial charge in [0.2, 0.25) is 0 Å². The highest BCUT2D eigenvalue weighted by molar-refractivity contribution is 6.12. The van der Waals surface area contributed by atoms with E-state index in [-0.39, 0.29) is 16.9 Å². The topological polar surface area (TPSA) is 76.0 Å². The Morgan fingerprint density at radius 1 is 0.871 bits per heavy atom. The summed E-state index contributed by atoms with van der Waals surface area (Å²) in [6, 6.07) is 21.8. The number of para-hydroxylation sites is 2. The van der Waals surface area contributed by atoms with E-state index >= 15 is 0 Å². The van der Waals surface area contributed by atoms with E-state index in [1.165, 1.54) is 29.1 Å². The number of amides is 2. The second-order valence-electron chi connectivity index (χ2n) is 6.89. The maximum Gasteiger partial charge on any atom is 0.261 e. The maximum absolute atomic E-state index is 13.6. The summed E-state index contributed by atoms with van der Waals surface area (Å²) in [6.45, 7) is 1.88. The molecule has 0 unspecified atom stereocenters. The lowest BCUT2D eigenvalue weighted by Gasteiger charge is -2.12. The van der Waals surface area contributed by atoms with Crippen LogP contribution in [0.25, 0.3) is 5.69 Å². The van der Waals surface area contributed by atoms with Gasteiger partial charge in [0.25, 0.3) is 11.8 Å². The van der Waals surface area contributed by atoms with E-state index in [0.717, 1.165) is 11.6 Å². The predicted molar refractivity (Wildman–Crippen MR) is 117 cm³/mol. The number of aryl methyl sites for hydroxylation is 1. The summed E-state index contributed by atoms with van der Waals surface area (Å²) in [5.41, 5.74) is 2.52. The minimum atomic E-state index is -0.554. The first kappa shape index (κ1) is 20.0. The number of carbonyl (C=O) groups excluding carboxylic acids is 2. The van der Waals surface area contributed by atoms with Crippen molar-refractivity contribution in [2.24, 2.45) is 0 Å². The van der Waals surface area contributed by atoms with Crippen LogP contribution in [0, 0.1) is 12.7 Å². The van der Waals surface area contributed by atoms with Crippen LogP contribution >= 0.6 is 0 Å². The molecular weight excluding hydrogens is 395 g/mol. The summed E-state index contributed by atoms with van der Waals surface area (Å²) in [5, 5.41) is 9.87. The van der Waals surface area contributed by atoms with Crippen molar-refractivity contribution in [3.05, 3.63) is 108 Å². The summed E-state index contributed by atoms with van der Waals surface area (Å²) in [6.07, 6.45) is 1.39. The van der Waals surface area contributed by atoms with E-state index < -0.39 is 17.6 Å². The van der Waals surface area contributed by atoms with E-state index in [9.17, 15) is 14.0 Å². The third kappa shape index (κ3) is 4.35. The van der Waals surface area contributed by atoms with Crippen molar-refractivity contribution in [2.75, 3.05) is 10.6 Å². The Bertz CT molecular complexity index is 1250. The van der Waals surface area contributed by atoms with Gasteiger partial charge in [-0.3, -0.25) is 9.59 Å². The highest BCUT2D eigenvalue weighted by Gasteiger charge is 2.21. The van der Waals surface area contributed by atoms with E-state index in [2.05, 4.69) is 15.7 Å². The number of hydrogen-bond acceptors (Lipinski definition) is 3. The van der Waals surface area contributed by atoms with Crippen molar-refractivity contribution in [1.82, 2.24) is 9.78 Å². The zero-order valence-electron chi connectivity index (χ0n) is 16.7. The van der Waals surface area contributed by atoms with Gasteiger partial charge in [0.15, 0.2) is 0 Å². The number of aromatic nitrogens is 2. The van der Waals surface area contributed by atoms with Gasteiger partial charge in [-0.05, 0) is 48.9 Å². The molecule has 2 N–H and O–H groups in total. The molecule has 0 fully saturated rings. The highest BCUT2D eigenvalue weighted by atomic mass is 19.1. The van der Waals surface area contributed by atoms with Crippen molar-refractivity contribution in [3.63, 3.8) is 0 Å². The quantitative estimate of drug-likeness (QED) is 0.491. The summed E-state index contributed by atoms with van der Waals surface area (Å²) < 4.78 is 15.0. The minimum absolute atomic E-state index is 0.131. The van der Waals surface area contributed by atoms with Gasteiger partial charge in [-0.25, -0.2) is 9.07 Å². The van der Waals surface area contributed by atoms with Crippen LogP contribution in [-0.2, 0) is 0 Å². The molecule has 4 rings (SSSR count). The molecule has 0 spiro atoms. The Labute approximate surface area is 178 Å². The minimum Gasteiger partial charge on any atom is -0.322 e. The summed E-state index contributed by atoms with van der Waals surface area (Å²) in [7, 11) is 0. The lowest BCUT2D eigenvalue weighted by atomic mass is 10.2. The summed E-state index contributed by atoms with van der Waals surface area (Å²) >= 11 is 0. The van der Waals surface area contributed by atoms with Crippen molar-refractivity contribution in [3.8, 4) is 5.69 Å². The van der Waals surface area contributed by atoms with Gasteiger partial charge >= 0.3 is 0 Å². The Balaban J connectivity index is 1.72. The van der Waals surface area contributed by atoms with Crippen LogP contribution in [0.5, 0.6) is 0 Å². The lowest BCUT2D eigenvalue weighted by Crippen LogP contribution is -2.20.